The van der Waals surface area contributed by atoms with E-state index in [-0.39, 0.29) is 77.8 Å². The molecule has 5 rings (SSSR count). The van der Waals surface area contributed by atoms with Crippen molar-refractivity contribution in [2.24, 2.45) is 0 Å². The number of aryl methyl sites for hydroxylation is 1. The molecule has 0 radical (unpaired) electrons. The minimum Gasteiger partial charge on any atom is -0.508 e. The summed E-state index contributed by atoms with van der Waals surface area (Å²) in [5.74, 6) is -2.05. The van der Waals surface area contributed by atoms with E-state index in [0.29, 0.717) is 23.5 Å². The number of aromatic carboxylic acids is 1. The first-order chi connectivity index (χ1) is 28.5. The van der Waals surface area contributed by atoms with Gasteiger partial charge in [0, 0.05) is 6.61 Å². The van der Waals surface area contributed by atoms with Crippen LogP contribution in [0.2, 0.25) is 0 Å². The summed E-state index contributed by atoms with van der Waals surface area (Å²) >= 11 is 0. The molecule has 16 heteroatoms. The van der Waals surface area contributed by atoms with Crippen LogP contribution in [0.4, 0.5) is 5.69 Å². The molecule has 5 aromatic rings. The number of ether oxygens (including phenoxy) is 3. The van der Waals surface area contributed by atoms with Crippen molar-refractivity contribution >= 4 is 39.6 Å². The van der Waals surface area contributed by atoms with Crippen molar-refractivity contribution in [3.8, 4) is 23.0 Å². The van der Waals surface area contributed by atoms with Crippen LogP contribution >= 0.6 is 0 Å². The number of esters is 2. The number of nitrogens with one attached hydrogen (secondary N) is 1. The van der Waals surface area contributed by atoms with Gasteiger partial charge in [0.25, 0.3) is 10.0 Å². The van der Waals surface area contributed by atoms with Crippen LogP contribution in [0.1, 0.15) is 53.4 Å². The molecular formula is C44H49NO14S. The van der Waals surface area contributed by atoms with E-state index < -0.39 is 22.0 Å². The Morgan fingerprint density at radius 3 is 1.58 bits per heavy atom. The quantitative estimate of drug-likeness (QED) is 0.0623. The number of carboxylic acids is 2. The van der Waals surface area contributed by atoms with Gasteiger partial charge < -0.3 is 39.7 Å². The molecule has 0 atom stereocenters. The van der Waals surface area contributed by atoms with E-state index in [9.17, 15) is 32.7 Å². The predicted octanol–water partition coefficient (Wildman–Crippen LogP) is 6.91. The van der Waals surface area contributed by atoms with E-state index in [1.807, 2.05) is 6.92 Å². The van der Waals surface area contributed by atoms with E-state index in [0.717, 1.165) is 11.1 Å². The van der Waals surface area contributed by atoms with Gasteiger partial charge in [-0.3, -0.25) is 19.1 Å². The molecule has 0 aliphatic rings. The van der Waals surface area contributed by atoms with Gasteiger partial charge in [0.15, 0.2) is 5.75 Å². The van der Waals surface area contributed by atoms with Crippen LogP contribution in [0.5, 0.6) is 23.0 Å². The molecule has 0 aliphatic heterocycles. The van der Waals surface area contributed by atoms with E-state index in [1.54, 1.807) is 93.6 Å². The zero-order valence-corrected chi connectivity index (χ0v) is 34.3. The largest absolute Gasteiger partial charge is 0.508 e. The molecule has 60 heavy (non-hydrogen) atoms. The van der Waals surface area contributed by atoms with Crippen molar-refractivity contribution in [2.45, 2.75) is 51.9 Å². The molecule has 0 unspecified atom stereocenters. The predicted molar refractivity (Wildman–Crippen MR) is 223 cm³/mol. The summed E-state index contributed by atoms with van der Waals surface area (Å²) in [5, 5.41) is 43.3. The molecule has 0 spiro atoms. The van der Waals surface area contributed by atoms with Crippen LogP contribution in [-0.2, 0) is 53.1 Å². The second-order valence-electron chi connectivity index (χ2n) is 12.4. The van der Waals surface area contributed by atoms with E-state index in [2.05, 4.69) is 4.72 Å². The molecule has 320 valence electrons. The number of aromatic hydroxyl groups is 2. The molecule has 5 aromatic carbocycles. The highest BCUT2D eigenvalue weighted by atomic mass is 32.2. The third kappa shape index (κ3) is 18.6. The zero-order chi connectivity index (χ0) is 44.7. The Kier molecular flexibility index (Phi) is 20.9. The minimum absolute atomic E-state index is 0.0243. The Labute approximate surface area is 348 Å². The molecule has 0 saturated carbocycles. The SMILES string of the molecule is CCO.CCOC(=O)Cc1cccc(O)c1.CCOC(=O)Cc1cccc(Oc2ccc(C(=O)O)cc2NS(=O)(=O)c2ccc(C)cc2)c1.O=C(O)Cc1cccc(O)c1. The summed E-state index contributed by atoms with van der Waals surface area (Å²) in [5.41, 5.74) is 2.77. The van der Waals surface area contributed by atoms with E-state index >= 15 is 0 Å². The fourth-order valence-corrected chi connectivity index (χ4v) is 5.92. The first-order valence-corrected chi connectivity index (χ1v) is 19.9. The normalized spacial score (nSPS) is 10.2. The third-order valence-corrected chi connectivity index (χ3v) is 8.79. The summed E-state index contributed by atoms with van der Waals surface area (Å²) in [6, 6.07) is 29.6. The van der Waals surface area contributed by atoms with Gasteiger partial charge in [0.05, 0.1) is 48.6 Å². The lowest BCUT2D eigenvalue weighted by Gasteiger charge is -2.15. The van der Waals surface area contributed by atoms with Crippen molar-refractivity contribution in [3.63, 3.8) is 0 Å². The number of rotatable bonds is 14. The van der Waals surface area contributed by atoms with Crippen molar-refractivity contribution in [1.82, 2.24) is 0 Å². The maximum atomic E-state index is 12.9. The van der Waals surface area contributed by atoms with Gasteiger partial charge in [-0.15, -0.1) is 0 Å². The molecule has 0 aromatic heterocycles. The van der Waals surface area contributed by atoms with Crippen LogP contribution in [0.25, 0.3) is 0 Å². The van der Waals surface area contributed by atoms with Crippen molar-refractivity contribution < 1.29 is 67.3 Å². The number of aliphatic carboxylic acids is 1. The molecule has 0 saturated heterocycles. The van der Waals surface area contributed by atoms with Gasteiger partial charge in [-0.2, -0.15) is 0 Å². The average Bonchev–Trinajstić information content (AvgIpc) is 3.16. The number of aliphatic hydroxyl groups excluding tert-OH is 1. The number of aliphatic hydroxyl groups is 1. The molecule has 0 aliphatic carbocycles. The van der Waals surface area contributed by atoms with Gasteiger partial charge in [0.1, 0.15) is 17.2 Å². The lowest BCUT2D eigenvalue weighted by molar-refractivity contribution is -0.143. The van der Waals surface area contributed by atoms with E-state index in [1.165, 1.54) is 42.5 Å². The van der Waals surface area contributed by atoms with Crippen molar-refractivity contribution in [1.29, 1.82) is 0 Å². The summed E-state index contributed by atoms with van der Waals surface area (Å²) < 4.78 is 43.7. The van der Waals surface area contributed by atoms with Crippen LogP contribution < -0.4 is 9.46 Å². The van der Waals surface area contributed by atoms with Crippen LogP contribution in [-0.4, -0.2) is 77.6 Å². The molecule has 0 bridgehead atoms. The van der Waals surface area contributed by atoms with Crippen LogP contribution in [0, 0.1) is 6.92 Å². The number of anilines is 1. The fourth-order valence-electron chi connectivity index (χ4n) is 4.86. The van der Waals surface area contributed by atoms with Crippen LogP contribution in [0.3, 0.4) is 0 Å². The van der Waals surface area contributed by atoms with Gasteiger partial charge >= 0.3 is 23.9 Å². The second kappa shape index (κ2) is 25.5. The number of carbonyl (C=O) groups excluding carboxylic acids is 2. The van der Waals surface area contributed by atoms with Gasteiger partial charge in [-0.1, -0.05) is 54.1 Å². The Morgan fingerprint density at radius 1 is 0.633 bits per heavy atom. The minimum atomic E-state index is -4.00. The number of carbonyl (C=O) groups is 4. The highest BCUT2D eigenvalue weighted by molar-refractivity contribution is 7.92. The first kappa shape index (κ1) is 49.2. The maximum Gasteiger partial charge on any atom is 0.335 e. The Balaban J connectivity index is 0.000000373. The summed E-state index contributed by atoms with van der Waals surface area (Å²) in [4.78, 5) is 44.4. The highest BCUT2D eigenvalue weighted by Gasteiger charge is 2.19. The first-order valence-electron chi connectivity index (χ1n) is 18.4. The van der Waals surface area contributed by atoms with Crippen molar-refractivity contribution in [3.05, 3.63) is 143 Å². The molecule has 0 amide bonds. The highest BCUT2D eigenvalue weighted by Crippen LogP contribution is 2.33. The number of sulfonamides is 1. The lowest BCUT2D eigenvalue weighted by Crippen LogP contribution is -2.14. The van der Waals surface area contributed by atoms with E-state index in [4.69, 9.17) is 34.6 Å². The Morgan fingerprint density at radius 2 is 1.12 bits per heavy atom. The number of benzene rings is 5. The topological polar surface area (TPSA) is 243 Å². The summed E-state index contributed by atoms with van der Waals surface area (Å²) in [6.45, 7) is 7.91. The molecule has 0 heterocycles. The maximum absolute atomic E-state index is 12.9. The number of carboxylic acid groups (broad SMARTS) is 2. The number of phenolic OH excluding ortho intramolecular Hbond substituents is 2. The monoisotopic (exact) mass is 847 g/mol. The van der Waals surface area contributed by atoms with Gasteiger partial charge in [0.2, 0.25) is 0 Å². The molecule has 15 nitrogen and oxygen atoms in total. The number of hydrogen-bond acceptors (Lipinski definition) is 12. The third-order valence-electron chi connectivity index (χ3n) is 7.41. The Hall–Kier alpha value is -6.91. The van der Waals surface area contributed by atoms with Crippen molar-refractivity contribution in [2.75, 3.05) is 24.5 Å². The zero-order valence-electron chi connectivity index (χ0n) is 33.5. The average molecular weight is 848 g/mol. The summed E-state index contributed by atoms with van der Waals surface area (Å²) in [6.07, 6.45) is 0.215. The molecule has 0 fully saturated rings. The lowest BCUT2D eigenvalue weighted by atomic mass is 10.1. The molecule has 6 N–H and O–H groups in total. The second-order valence-corrected chi connectivity index (χ2v) is 14.1. The van der Waals surface area contributed by atoms with Gasteiger partial charge in [-0.25, -0.2) is 13.2 Å². The fraction of sp³-hybridized carbons (Fsp3) is 0.227. The smallest absolute Gasteiger partial charge is 0.335 e. The van der Waals surface area contributed by atoms with Crippen LogP contribution in [0.15, 0.2) is 120 Å². The summed E-state index contributed by atoms with van der Waals surface area (Å²) in [7, 11) is -4.00. The number of hydrogen-bond donors (Lipinski definition) is 6. The van der Waals surface area contributed by atoms with Gasteiger partial charge in [-0.05, 0) is 111 Å². The Bertz CT molecular complexity index is 2280. The number of phenols is 2. The standard InChI is InChI=1S/C24H23NO7S.C10H12O3.C8H8O3.C2H6O/c1-3-31-23(26)14-17-5-4-6-19(13-17)32-22-12-9-18(24(27)28)15-21(22)25-33(29,30)20-10-7-16(2)8-11-20;1-2-13-10(12)7-8-4-3-5-9(11)6-8;9-7-3-1-2-6(4-7)5-8(10)11;1-2-3/h4-13,15,25H,3,14H2,1-2H3,(H,27,28);3-6,11H,2,7H2,1H3;1-4,9H,5H2,(H,10,11);3H,2H2,1H3. The molecular weight excluding hydrogens is 799 g/mol.